The molecule has 0 aromatic rings. The number of aliphatic hydroxyl groups is 1. The molecule has 0 aliphatic heterocycles. The topological polar surface area (TPSA) is 23.5 Å². The summed E-state index contributed by atoms with van der Waals surface area (Å²) in [5.74, 6) is 0. The second kappa shape index (κ2) is 3.88. The lowest BCUT2D eigenvalue weighted by atomic mass is 10.2. The van der Waals surface area contributed by atoms with Gasteiger partial charge in [-0.1, -0.05) is 26.0 Å². The van der Waals surface area contributed by atoms with Gasteiger partial charge in [-0.2, -0.15) is 0 Å². The fourth-order valence-corrected chi connectivity index (χ4v) is 1.64. The molecule has 2 atom stereocenters. The van der Waals surface area contributed by atoms with E-state index in [1.807, 2.05) is 0 Å². The Morgan fingerprint density at radius 1 is 1.45 bits per heavy atom. The first-order chi connectivity index (χ1) is 5.29. The van der Waals surface area contributed by atoms with Crippen LogP contribution in [-0.2, 0) is 0 Å². The van der Waals surface area contributed by atoms with Crippen molar-refractivity contribution in [2.75, 3.05) is 13.1 Å². The van der Waals surface area contributed by atoms with Gasteiger partial charge >= 0.3 is 0 Å². The van der Waals surface area contributed by atoms with Crippen LogP contribution in [-0.4, -0.2) is 35.2 Å². The Morgan fingerprint density at radius 3 is 2.45 bits per heavy atom. The van der Waals surface area contributed by atoms with Gasteiger partial charge in [0.1, 0.15) is 0 Å². The van der Waals surface area contributed by atoms with Gasteiger partial charge in [-0.25, -0.2) is 0 Å². The quantitative estimate of drug-likeness (QED) is 0.615. The molecule has 11 heavy (non-hydrogen) atoms. The van der Waals surface area contributed by atoms with Crippen molar-refractivity contribution in [1.82, 2.24) is 4.90 Å². The molecule has 2 nitrogen and oxygen atoms in total. The first kappa shape index (κ1) is 8.75. The molecule has 64 valence electrons. The van der Waals surface area contributed by atoms with Gasteiger partial charge in [-0.15, -0.1) is 0 Å². The predicted molar refractivity (Wildman–Crippen MR) is 46.5 cm³/mol. The summed E-state index contributed by atoms with van der Waals surface area (Å²) in [7, 11) is 0. The van der Waals surface area contributed by atoms with Crippen molar-refractivity contribution in [3.05, 3.63) is 12.2 Å². The summed E-state index contributed by atoms with van der Waals surface area (Å²) < 4.78 is 0. The van der Waals surface area contributed by atoms with E-state index >= 15 is 0 Å². The molecule has 0 spiro atoms. The minimum atomic E-state index is -0.171. The predicted octanol–water partition coefficient (Wildman–Crippen LogP) is 1.02. The first-order valence-electron chi connectivity index (χ1n) is 4.38. The molecule has 1 rings (SSSR count). The van der Waals surface area contributed by atoms with Crippen LogP contribution in [0.1, 0.15) is 20.3 Å². The molecule has 0 bridgehead atoms. The van der Waals surface area contributed by atoms with Gasteiger partial charge in [-0.05, 0) is 19.5 Å². The Kier molecular flexibility index (Phi) is 3.09. The average molecular weight is 155 g/mol. The summed E-state index contributed by atoms with van der Waals surface area (Å²) in [6.07, 6.45) is 4.82. The van der Waals surface area contributed by atoms with Crippen molar-refractivity contribution in [2.24, 2.45) is 0 Å². The summed E-state index contributed by atoms with van der Waals surface area (Å²) in [5.41, 5.74) is 0. The fraction of sp³-hybridized carbons (Fsp3) is 0.778. The molecule has 0 aromatic carbocycles. The number of hydrogen-bond acceptors (Lipinski definition) is 2. The molecule has 0 heterocycles. The minimum Gasteiger partial charge on any atom is -0.391 e. The second-order valence-electron chi connectivity index (χ2n) is 2.94. The van der Waals surface area contributed by atoms with Crippen molar-refractivity contribution in [3.63, 3.8) is 0 Å². The molecule has 1 aliphatic carbocycles. The Hall–Kier alpha value is -0.340. The Labute approximate surface area is 68.5 Å². The number of nitrogens with zero attached hydrogens (tertiary/aromatic N) is 1. The Bertz CT molecular complexity index is 140. The van der Waals surface area contributed by atoms with E-state index < -0.39 is 0 Å². The van der Waals surface area contributed by atoms with Crippen LogP contribution in [0.4, 0.5) is 0 Å². The van der Waals surface area contributed by atoms with Crippen LogP contribution < -0.4 is 0 Å². The summed E-state index contributed by atoms with van der Waals surface area (Å²) in [6, 6.07) is 0.269. The van der Waals surface area contributed by atoms with Gasteiger partial charge in [0.25, 0.3) is 0 Å². The van der Waals surface area contributed by atoms with E-state index in [9.17, 15) is 5.11 Å². The number of rotatable bonds is 3. The van der Waals surface area contributed by atoms with E-state index in [0.717, 1.165) is 19.5 Å². The molecular weight excluding hydrogens is 138 g/mol. The molecule has 2 heteroatoms. The molecular formula is C9H17NO. The summed E-state index contributed by atoms with van der Waals surface area (Å²) in [6.45, 7) is 6.29. The van der Waals surface area contributed by atoms with Crippen molar-refractivity contribution in [1.29, 1.82) is 0 Å². The normalized spacial score (nSPS) is 30.2. The van der Waals surface area contributed by atoms with E-state index in [-0.39, 0.29) is 12.1 Å². The smallest absolute Gasteiger partial charge is 0.0765 e. The molecule has 0 amide bonds. The molecule has 1 N–H and O–H groups in total. The zero-order valence-electron chi connectivity index (χ0n) is 7.33. The van der Waals surface area contributed by atoms with Gasteiger partial charge < -0.3 is 5.11 Å². The van der Waals surface area contributed by atoms with E-state index in [1.54, 1.807) is 0 Å². The van der Waals surface area contributed by atoms with Gasteiger partial charge in [0.05, 0.1) is 12.1 Å². The molecule has 0 aromatic heterocycles. The first-order valence-corrected chi connectivity index (χ1v) is 4.38. The van der Waals surface area contributed by atoms with Crippen molar-refractivity contribution >= 4 is 0 Å². The van der Waals surface area contributed by atoms with Gasteiger partial charge in [-0.3, -0.25) is 4.90 Å². The molecule has 0 saturated heterocycles. The van der Waals surface area contributed by atoms with Crippen LogP contribution in [0.5, 0.6) is 0 Å². The van der Waals surface area contributed by atoms with E-state index in [0.29, 0.717) is 0 Å². The van der Waals surface area contributed by atoms with Crippen LogP contribution in [0.15, 0.2) is 12.2 Å². The third kappa shape index (κ3) is 1.82. The van der Waals surface area contributed by atoms with Crippen LogP contribution in [0.25, 0.3) is 0 Å². The maximum atomic E-state index is 9.52. The van der Waals surface area contributed by atoms with Gasteiger partial charge in [0.2, 0.25) is 0 Å². The van der Waals surface area contributed by atoms with Crippen molar-refractivity contribution in [2.45, 2.75) is 32.4 Å². The summed E-state index contributed by atoms with van der Waals surface area (Å²) in [5, 5.41) is 9.52. The van der Waals surface area contributed by atoms with Crippen molar-refractivity contribution < 1.29 is 5.11 Å². The lowest BCUT2D eigenvalue weighted by Crippen LogP contribution is -2.39. The monoisotopic (exact) mass is 155 g/mol. The molecule has 0 radical (unpaired) electrons. The number of hydrogen-bond donors (Lipinski definition) is 1. The second-order valence-corrected chi connectivity index (χ2v) is 2.94. The van der Waals surface area contributed by atoms with Gasteiger partial charge in [0.15, 0.2) is 0 Å². The zero-order chi connectivity index (χ0) is 8.27. The van der Waals surface area contributed by atoms with E-state index in [1.165, 1.54) is 0 Å². The maximum absolute atomic E-state index is 9.52. The van der Waals surface area contributed by atoms with Crippen LogP contribution in [0, 0.1) is 0 Å². The molecule has 0 unspecified atom stereocenters. The van der Waals surface area contributed by atoms with Gasteiger partial charge in [0, 0.05) is 0 Å². The lowest BCUT2D eigenvalue weighted by molar-refractivity contribution is 0.0909. The van der Waals surface area contributed by atoms with Crippen molar-refractivity contribution in [3.8, 4) is 0 Å². The third-order valence-electron chi connectivity index (χ3n) is 2.34. The molecule has 0 saturated carbocycles. The molecule has 1 aliphatic rings. The number of aliphatic hydroxyl groups excluding tert-OH is 1. The average Bonchev–Trinajstić information content (AvgIpc) is 2.40. The van der Waals surface area contributed by atoms with E-state index in [4.69, 9.17) is 0 Å². The highest BCUT2D eigenvalue weighted by atomic mass is 16.3. The largest absolute Gasteiger partial charge is 0.391 e. The minimum absolute atomic E-state index is 0.171. The highest BCUT2D eigenvalue weighted by Gasteiger charge is 2.24. The Morgan fingerprint density at radius 2 is 2.09 bits per heavy atom. The highest BCUT2D eigenvalue weighted by Crippen LogP contribution is 2.16. The number of likely N-dealkylation sites (N-methyl/N-ethyl adjacent to an activating group) is 1. The van der Waals surface area contributed by atoms with Crippen LogP contribution >= 0.6 is 0 Å². The summed E-state index contributed by atoms with van der Waals surface area (Å²) >= 11 is 0. The standard InChI is InChI=1S/C9H17NO/c1-3-10(4-2)8-6-5-7-9(8)11/h5-6,8-9,11H,3-4,7H2,1-2H3/t8-,9-/m1/s1. The van der Waals surface area contributed by atoms with Crippen LogP contribution in [0.3, 0.4) is 0 Å². The summed E-state index contributed by atoms with van der Waals surface area (Å²) in [4.78, 5) is 2.27. The highest BCUT2D eigenvalue weighted by molar-refractivity contribution is 5.06. The fourth-order valence-electron chi connectivity index (χ4n) is 1.64. The SMILES string of the molecule is CCN(CC)[C@@H]1C=CC[C@H]1O. The maximum Gasteiger partial charge on any atom is 0.0765 e. The van der Waals surface area contributed by atoms with Crippen LogP contribution in [0.2, 0.25) is 0 Å². The Balaban J connectivity index is 2.50. The third-order valence-corrected chi connectivity index (χ3v) is 2.34. The molecule has 0 fully saturated rings. The van der Waals surface area contributed by atoms with E-state index in [2.05, 4.69) is 30.9 Å². The zero-order valence-corrected chi connectivity index (χ0v) is 7.33. The lowest BCUT2D eigenvalue weighted by Gasteiger charge is -2.27.